The van der Waals surface area contributed by atoms with Crippen molar-refractivity contribution in [2.45, 2.75) is 32.7 Å². The predicted octanol–water partition coefficient (Wildman–Crippen LogP) is 6.27. The second kappa shape index (κ2) is 9.91. The number of hydrogen-bond acceptors (Lipinski definition) is 5. The molecule has 1 unspecified atom stereocenters. The normalized spacial score (nSPS) is 16.1. The van der Waals surface area contributed by atoms with Crippen molar-refractivity contribution in [1.29, 1.82) is 0 Å². The van der Waals surface area contributed by atoms with Gasteiger partial charge >= 0.3 is 0 Å². The molecular weight excluding hydrogens is 460 g/mol. The first kappa shape index (κ1) is 22.5. The van der Waals surface area contributed by atoms with Gasteiger partial charge < -0.3 is 14.7 Å². The van der Waals surface area contributed by atoms with Crippen molar-refractivity contribution in [3.05, 3.63) is 99.7 Å². The molecule has 1 aliphatic rings. The summed E-state index contributed by atoms with van der Waals surface area (Å²) in [5, 5.41) is 10.7. The maximum atomic E-state index is 5.83. The Morgan fingerprint density at radius 3 is 2.56 bits per heavy atom. The fraction of sp³-hybridized carbons (Fsp3) is 0.222. The maximum absolute atomic E-state index is 5.83. The average Bonchev–Trinajstić information content (AvgIpc) is 3.57. The van der Waals surface area contributed by atoms with E-state index < -0.39 is 0 Å². The minimum atomic E-state index is -0.166. The summed E-state index contributed by atoms with van der Waals surface area (Å²) in [6.07, 6.45) is 1.91. The van der Waals surface area contributed by atoms with Gasteiger partial charge in [-0.15, -0.1) is 11.3 Å². The Labute approximate surface area is 209 Å². The molecule has 0 bridgehead atoms. The summed E-state index contributed by atoms with van der Waals surface area (Å²) >= 11 is 7.59. The van der Waals surface area contributed by atoms with Crippen LogP contribution in [0.5, 0.6) is 0 Å². The lowest BCUT2D eigenvalue weighted by Crippen LogP contribution is -2.46. The second-order valence-corrected chi connectivity index (χ2v) is 9.67. The van der Waals surface area contributed by atoms with Crippen LogP contribution in [0.3, 0.4) is 0 Å². The molecule has 2 aromatic carbocycles. The molecule has 0 aliphatic carbocycles. The summed E-state index contributed by atoms with van der Waals surface area (Å²) in [5.74, 6) is 1.09. The van der Waals surface area contributed by atoms with E-state index in [0.717, 1.165) is 41.8 Å². The van der Waals surface area contributed by atoms with Crippen molar-refractivity contribution in [3.63, 3.8) is 0 Å². The number of nitrogens with one attached hydrogen (secondary N) is 1. The second-order valence-electron chi connectivity index (χ2n) is 8.25. The zero-order chi connectivity index (χ0) is 23.5. The molecule has 4 aromatic rings. The SMILES string of the molecule is CCc1ccc(C2NC(=S)N(CCc3cccs3)C(C)=C2c2nc(-c3ccccc3)no2)cc1. The van der Waals surface area contributed by atoms with Crippen LogP contribution in [-0.4, -0.2) is 26.7 Å². The quantitative estimate of drug-likeness (QED) is 0.311. The van der Waals surface area contributed by atoms with Crippen LogP contribution < -0.4 is 5.32 Å². The van der Waals surface area contributed by atoms with E-state index in [2.05, 4.69) is 71.0 Å². The molecule has 172 valence electrons. The van der Waals surface area contributed by atoms with E-state index in [9.17, 15) is 0 Å². The third kappa shape index (κ3) is 4.54. The number of aromatic nitrogens is 2. The highest BCUT2D eigenvalue weighted by atomic mass is 32.1. The number of hydrogen-bond donors (Lipinski definition) is 1. The summed E-state index contributed by atoms with van der Waals surface area (Å²) in [6, 6.07) is 22.6. The molecule has 5 nitrogen and oxygen atoms in total. The Hall–Kier alpha value is -3.29. The van der Waals surface area contributed by atoms with Crippen molar-refractivity contribution in [2.75, 3.05) is 6.54 Å². The molecule has 34 heavy (non-hydrogen) atoms. The van der Waals surface area contributed by atoms with Gasteiger partial charge in [-0.2, -0.15) is 4.98 Å². The van der Waals surface area contributed by atoms with Crippen LogP contribution >= 0.6 is 23.6 Å². The average molecular weight is 487 g/mol. The van der Waals surface area contributed by atoms with Crippen molar-refractivity contribution >= 4 is 34.2 Å². The molecular formula is C27H26N4OS2. The van der Waals surface area contributed by atoms with Gasteiger partial charge in [0, 0.05) is 22.7 Å². The minimum Gasteiger partial charge on any atom is -0.351 e. The van der Waals surface area contributed by atoms with Gasteiger partial charge in [-0.25, -0.2) is 0 Å². The van der Waals surface area contributed by atoms with Crippen molar-refractivity contribution < 1.29 is 4.52 Å². The smallest absolute Gasteiger partial charge is 0.258 e. The first-order chi connectivity index (χ1) is 16.6. The van der Waals surface area contributed by atoms with E-state index in [-0.39, 0.29) is 6.04 Å². The van der Waals surface area contributed by atoms with Gasteiger partial charge in [0.15, 0.2) is 5.11 Å². The lowest BCUT2D eigenvalue weighted by molar-refractivity contribution is 0.397. The molecule has 1 N–H and O–H groups in total. The van der Waals surface area contributed by atoms with Gasteiger partial charge in [-0.3, -0.25) is 0 Å². The summed E-state index contributed by atoms with van der Waals surface area (Å²) in [5.41, 5.74) is 5.33. The molecule has 0 amide bonds. The molecule has 0 spiro atoms. The van der Waals surface area contributed by atoms with Crippen LogP contribution in [0.2, 0.25) is 0 Å². The first-order valence-electron chi connectivity index (χ1n) is 11.4. The van der Waals surface area contributed by atoms with Gasteiger partial charge in [0.2, 0.25) is 5.82 Å². The molecule has 1 aliphatic heterocycles. The molecule has 2 aromatic heterocycles. The number of rotatable bonds is 7. The first-order valence-corrected chi connectivity index (χ1v) is 12.7. The van der Waals surface area contributed by atoms with Crippen LogP contribution in [0, 0.1) is 0 Å². The topological polar surface area (TPSA) is 54.2 Å². The molecule has 3 heterocycles. The van der Waals surface area contributed by atoms with E-state index in [1.54, 1.807) is 11.3 Å². The van der Waals surface area contributed by atoms with Gasteiger partial charge in [-0.1, -0.05) is 72.7 Å². The van der Waals surface area contributed by atoms with Crippen LogP contribution in [-0.2, 0) is 12.8 Å². The van der Waals surface area contributed by atoms with Gasteiger partial charge in [0.05, 0.1) is 11.6 Å². The van der Waals surface area contributed by atoms with E-state index >= 15 is 0 Å². The molecule has 0 radical (unpaired) electrons. The molecule has 0 saturated heterocycles. The Morgan fingerprint density at radius 2 is 1.85 bits per heavy atom. The lowest BCUT2D eigenvalue weighted by atomic mass is 9.93. The van der Waals surface area contributed by atoms with E-state index in [1.165, 1.54) is 10.4 Å². The Kier molecular flexibility index (Phi) is 6.56. The van der Waals surface area contributed by atoms with Crippen LogP contribution in [0.4, 0.5) is 0 Å². The van der Waals surface area contributed by atoms with Crippen LogP contribution in [0.1, 0.15) is 41.8 Å². The number of nitrogens with zero attached hydrogens (tertiary/aromatic N) is 3. The zero-order valence-corrected chi connectivity index (χ0v) is 20.8. The van der Waals surface area contributed by atoms with Gasteiger partial charge in [-0.05, 0) is 54.6 Å². The van der Waals surface area contributed by atoms with Gasteiger partial charge in [0.25, 0.3) is 5.89 Å². The Morgan fingerprint density at radius 1 is 1.06 bits per heavy atom. The molecule has 5 rings (SSSR count). The number of benzene rings is 2. The minimum absolute atomic E-state index is 0.166. The van der Waals surface area contributed by atoms with E-state index in [1.807, 2.05) is 30.3 Å². The summed E-state index contributed by atoms with van der Waals surface area (Å²) in [6.45, 7) is 5.03. The van der Waals surface area contributed by atoms with Crippen molar-refractivity contribution in [3.8, 4) is 11.4 Å². The van der Waals surface area contributed by atoms with Crippen molar-refractivity contribution in [2.24, 2.45) is 0 Å². The van der Waals surface area contributed by atoms with Crippen molar-refractivity contribution in [1.82, 2.24) is 20.4 Å². The number of allylic oxidation sites excluding steroid dienone is 1. The molecule has 0 saturated carbocycles. The fourth-order valence-corrected chi connectivity index (χ4v) is 5.28. The van der Waals surface area contributed by atoms with Crippen LogP contribution in [0.25, 0.3) is 17.0 Å². The molecule has 0 fully saturated rings. The molecule has 7 heteroatoms. The molecule has 1 atom stereocenters. The maximum Gasteiger partial charge on any atom is 0.258 e. The van der Waals surface area contributed by atoms with E-state index in [4.69, 9.17) is 21.7 Å². The standard InChI is InChI=1S/C27H26N4OS2/c1-3-19-11-13-20(14-12-19)24-23(26-29-25(30-32-26)21-8-5-4-6-9-21)18(2)31(27(33)28-24)16-15-22-10-7-17-34-22/h4-14,17,24H,3,15-16H2,1-2H3,(H,28,33). The fourth-order valence-electron chi connectivity index (χ4n) is 4.24. The predicted molar refractivity (Wildman–Crippen MR) is 141 cm³/mol. The zero-order valence-electron chi connectivity index (χ0n) is 19.2. The highest BCUT2D eigenvalue weighted by Gasteiger charge is 2.34. The Bertz CT molecular complexity index is 1290. The monoisotopic (exact) mass is 486 g/mol. The summed E-state index contributed by atoms with van der Waals surface area (Å²) < 4.78 is 5.83. The third-order valence-corrected chi connectivity index (χ3v) is 7.44. The third-order valence-electron chi connectivity index (χ3n) is 6.17. The number of aryl methyl sites for hydroxylation is 1. The highest BCUT2D eigenvalue weighted by Crippen LogP contribution is 2.37. The van der Waals surface area contributed by atoms with Gasteiger partial charge in [0.1, 0.15) is 0 Å². The highest BCUT2D eigenvalue weighted by molar-refractivity contribution is 7.80. The summed E-state index contributed by atoms with van der Waals surface area (Å²) in [7, 11) is 0. The van der Waals surface area contributed by atoms with E-state index in [0.29, 0.717) is 16.8 Å². The largest absolute Gasteiger partial charge is 0.351 e. The van der Waals surface area contributed by atoms with Crippen LogP contribution in [0.15, 0.2) is 82.3 Å². The number of thiophene rings is 1. The lowest BCUT2D eigenvalue weighted by Gasteiger charge is -2.37. The Balaban J connectivity index is 1.55. The number of thiocarbonyl (C=S) groups is 1. The summed E-state index contributed by atoms with van der Waals surface area (Å²) in [4.78, 5) is 8.27.